The second-order valence-corrected chi connectivity index (χ2v) is 19.0. The highest BCUT2D eigenvalue weighted by Gasteiger charge is 2.49. The average Bonchev–Trinajstić information content (AvgIpc) is 4.16. The molecule has 13 aromatic rings. The molecule has 2 aliphatic carbocycles. The minimum Gasteiger partial charge on any atom is -0.309 e. The van der Waals surface area contributed by atoms with Crippen molar-refractivity contribution in [3.63, 3.8) is 0 Å². The zero-order valence-electron chi connectivity index (χ0n) is 38.3. The van der Waals surface area contributed by atoms with Gasteiger partial charge in [0.05, 0.1) is 32.9 Å². The van der Waals surface area contributed by atoms with Crippen molar-refractivity contribution < 1.29 is 0 Å². The van der Waals surface area contributed by atoms with E-state index < -0.39 is 10.8 Å². The van der Waals surface area contributed by atoms with Crippen LogP contribution >= 0.6 is 0 Å². The number of hydrogen-bond donors (Lipinski definition) is 0. The van der Waals surface area contributed by atoms with Crippen molar-refractivity contribution in [2.75, 3.05) is 0 Å². The highest BCUT2D eigenvalue weighted by Crippen LogP contribution is 2.61. The number of nitrogens with zero attached hydrogens (tertiary/aromatic N) is 2. The second-order valence-electron chi connectivity index (χ2n) is 19.0. The van der Waals surface area contributed by atoms with Crippen LogP contribution in [0.5, 0.6) is 0 Å². The Bertz CT molecular complexity index is 3850. The summed E-state index contributed by atoms with van der Waals surface area (Å²) in [5.74, 6) is 0. The van der Waals surface area contributed by atoms with E-state index in [2.05, 4.69) is 276 Å². The lowest BCUT2D eigenvalue weighted by Gasteiger charge is -2.34. The largest absolute Gasteiger partial charge is 0.309 e. The summed E-state index contributed by atoms with van der Waals surface area (Å²) in [6, 6.07) is 99.6. The summed E-state index contributed by atoms with van der Waals surface area (Å²) in [6.45, 7) is 0. The zero-order valence-corrected chi connectivity index (χ0v) is 38.3. The average molecular weight is 889 g/mol. The van der Waals surface area contributed by atoms with Gasteiger partial charge < -0.3 is 9.13 Å². The monoisotopic (exact) mass is 888 g/mol. The van der Waals surface area contributed by atoms with E-state index >= 15 is 0 Å². The van der Waals surface area contributed by atoms with Crippen molar-refractivity contribution >= 4 is 43.6 Å². The number of para-hydroxylation sites is 2. The fourth-order valence-corrected chi connectivity index (χ4v) is 13.3. The highest BCUT2D eigenvalue weighted by atomic mass is 15.0. The molecule has 70 heavy (non-hydrogen) atoms. The zero-order chi connectivity index (χ0) is 46.0. The Labute approximate surface area is 406 Å². The van der Waals surface area contributed by atoms with Crippen LogP contribution in [0.3, 0.4) is 0 Å². The topological polar surface area (TPSA) is 9.86 Å². The Morgan fingerprint density at radius 3 is 0.914 bits per heavy atom. The van der Waals surface area contributed by atoms with Crippen molar-refractivity contribution in [3.8, 4) is 33.6 Å². The predicted molar refractivity (Wildman–Crippen MR) is 290 cm³/mol. The van der Waals surface area contributed by atoms with Crippen LogP contribution in [-0.2, 0) is 10.8 Å². The maximum Gasteiger partial charge on any atom is 0.0720 e. The molecule has 2 aliphatic rings. The van der Waals surface area contributed by atoms with E-state index in [0.29, 0.717) is 0 Å². The molecule has 0 unspecified atom stereocenters. The number of fused-ring (bicyclic) bond motifs is 14. The van der Waals surface area contributed by atoms with Crippen molar-refractivity contribution in [2.45, 2.75) is 10.8 Å². The molecule has 0 fully saturated rings. The molecule has 0 saturated heterocycles. The number of benzene rings is 11. The SMILES string of the molecule is c1ccc(C2(c3ccccc3)c3ccccc3-c3ccc4c(c32)c2ccccc2n4-c2ccc(-n3c4ccccc4c4c5c(ccc43)-c3ccccc3C5(c3ccccc3)c3ccccc3)cc2)cc1. The first kappa shape index (κ1) is 39.1. The summed E-state index contributed by atoms with van der Waals surface area (Å²) in [4.78, 5) is 0. The molecular weight excluding hydrogens is 845 g/mol. The molecule has 0 spiro atoms. The molecule has 0 atom stereocenters. The van der Waals surface area contributed by atoms with E-state index in [4.69, 9.17) is 0 Å². The fraction of sp³-hybridized carbons (Fsp3) is 0.0294. The highest BCUT2D eigenvalue weighted by molar-refractivity contribution is 6.17. The maximum atomic E-state index is 2.49. The summed E-state index contributed by atoms with van der Waals surface area (Å²) in [7, 11) is 0. The van der Waals surface area contributed by atoms with Crippen LogP contribution in [0.15, 0.2) is 267 Å². The third-order valence-corrected chi connectivity index (χ3v) is 15.9. The van der Waals surface area contributed by atoms with Gasteiger partial charge in [-0.05, 0) is 115 Å². The first-order valence-electron chi connectivity index (χ1n) is 24.4. The summed E-state index contributed by atoms with van der Waals surface area (Å²) < 4.78 is 4.98. The second kappa shape index (κ2) is 14.8. The smallest absolute Gasteiger partial charge is 0.0720 e. The van der Waals surface area contributed by atoms with Crippen molar-refractivity contribution in [2.24, 2.45) is 0 Å². The molecule has 2 heterocycles. The van der Waals surface area contributed by atoms with E-state index in [9.17, 15) is 0 Å². The minimum atomic E-state index is -0.524. The summed E-state index contributed by atoms with van der Waals surface area (Å²) in [5, 5.41) is 5.08. The van der Waals surface area contributed by atoms with Crippen molar-refractivity contribution in [1.82, 2.24) is 9.13 Å². The standard InChI is InChI=1S/C68H44N2/c1-5-21-45(22-6-1)67(46-23-7-2-8-24-46)57-33-17-13-29-51(57)53-41-43-61-63(65(53)67)55-31-15-19-35-59(55)69(61)49-37-39-50(40-38-49)70-60-36-20-16-32-56(60)64-62(70)44-42-54-52-30-14-18-34-58(52)68(66(54)64,47-25-9-3-10-26-47)48-27-11-4-12-28-48/h1-44H. The normalized spacial score (nSPS) is 13.9. The van der Waals surface area contributed by atoms with Crippen LogP contribution in [0.2, 0.25) is 0 Å². The van der Waals surface area contributed by atoms with Crippen LogP contribution in [0, 0.1) is 0 Å². The molecule has 0 saturated carbocycles. The van der Waals surface area contributed by atoms with Gasteiger partial charge in [-0.2, -0.15) is 0 Å². The quantitative estimate of drug-likeness (QED) is 0.157. The van der Waals surface area contributed by atoms with Gasteiger partial charge in [-0.1, -0.05) is 218 Å². The lowest BCUT2D eigenvalue weighted by Crippen LogP contribution is -2.28. The molecule has 2 nitrogen and oxygen atoms in total. The van der Waals surface area contributed by atoms with E-state index in [0.717, 1.165) is 11.4 Å². The van der Waals surface area contributed by atoms with E-state index in [-0.39, 0.29) is 0 Å². The molecule has 11 aromatic carbocycles. The van der Waals surface area contributed by atoms with Gasteiger partial charge in [0.25, 0.3) is 0 Å². The fourth-order valence-electron chi connectivity index (χ4n) is 13.3. The molecule has 0 aliphatic heterocycles. The van der Waals surface area contributed by atoms with E-state index in [1.807, 2.05) is 0 Å². The summed E-state index contributed by atoms with van der Waals surface area (Å²) in [6.07, 6.45) is 0. The van der Waals surface area contributed by atoms with Crippen LogP contribution in [0.1, 0.15) is 44.5 Å². The van der Waals surface area contributed by atoms with E-state index in [1.54, 1.807) is 0 Å². The van der Waals surface area contributed by atoms with Gasteiger partial charge in [0.15, 0.2) is 0 Å². The molecule has 0 radical (unpaired) electrons. The van der Waals surface area contributed by atoms with Crippen LogP contribution in [0.25, 0.3) is 77.2 Å². The molecular formula is C68H44N2. The van der Waals surface area contributed by atoms with E-state index in [1.165, 1.54) is 110 Å². The molecule has 326 valence electrons. The number of hydrogen-bond acceptors (Lipinski definition) is 0. The van der Waals surface area contributed by atoms with Crippen LogP contribution in [0.4, 0.5) is 0 Å². The van der Waals surface area contributed by atoms with Gasteiger partial charge >= 0.3 is 0 Å². The lowest BCUT2D eigenvalue weighted by atomic mass is 9.67. The van der Waals surface area contributed by atoms with Gasteiger partial charge in [-0.3, -0.25) is 0 Å². The Morgan fingerprint density at radius 2 is 0.543 bits per heavy atom. The Hall–Kier alpha value is -8.98. The predicted octanol–water partition coefficient (Wildman–Crippen LogP) is 16.6. The Kier molecular flexibility index (Phi) is 8.24. The summed E-state index contributed by atoms with van der Waals surface area (Å²) in [5.41, 5.74) is 21.5. The Morgan fingerprint density at radius 1 is 0.229 bits per heavy atom. The lowest BCUT2D eigenvalue weighted by molar-refractivity contribution is 0.776. The molecule has 0 bridgehead atoms. The molecule has 2 aromatic heterocycles. The first-order chi connectivity index (χ1) is 34.8. The molecule has 2 heteroatoms. The van der Waals surface area contributed by atoms with Crippen LogP contribution in [-0.4, -0.2) is 9.13 Å². The van der Waals surface area contributed by atoms with Gasteiger partial charge in [0, 0.05) is 32.9 Å². The van der Waals surface area contributed by atoms with Crippen molar-refractivity contribution in [3.05, 3.63) is 311 Å². The first-order valence-corrected chi connectivity index (χ1v) is 24.4. The maximum absolute atomic E-state index is 2.49. The van der Waals surface area contributed by atoms with Gasteiger partial charge in [0.1, 0.15) is 0 Å². The molecule has 0 N–H and O–H groups in total. The third kappa shape index (κ3) is 5.02. The Balaban J connectivity index is 0.969. The van der Waals surface area contributed by atoms with Crippen LogP contribution < -0.4 is 0 Å². The van der Waals surface area contributed by atoms with Gasteiger partial charge in [-0.25, -0.2) is 0 Å². The minimum absolute atomic E-state index is 0.524. The molecule has 15 rings (SSSR count). The van der Waals surface area contributed by atoms with Crippen molar-refractivity contribution in [1.29, 1.82) is 0 Å². The third-order valence-electron chi connectivity index (χ3n) is 15.9. The molecule has 0 amide bonds. The van der Waals surface area contributed by atoms with Gasteiger partial charge in [0.2, 0.25) is 0 Å². The number of aromatic nitrogens is 2. The van der Waals surface area contributed by atoms with Gasteiger partial charge in [-0.15, -0.1) is 0 Å². The number of rotatable bonds is 6. The summed E-state index contributed by atoms with van der Waals surface area (Å²) >= 11 is 0.